The normalized spacial score (nSPS) is 23.6. The van der Waals surface area contributed by atoms with E-state index in [1.165, 1.54) is 12.3 Å². The molecule has 3 heterocycles. The van der Waals surface area contributed by atoms with Crippen molar-refractivity contribution >= 4 is 15.7 Å². The van der Waals surface area contributed by atoms with E-state index in [-0.39, 0.29) is 41.2 Å². The Morgan fingerprint density at radius 1 is 1.32 bits per heavy atom. The van der Waals surface area contributed by atoms with E-state index in [1.54, 1.807) is 11.8 Å². The first-order valence-corrected chi connectivity index (χ1v) is 10.1. The minimum absolute atomic E-state index is 0.0220. The first-order chi connectivity index (χ1) is 11.8. The molecule has 9 heteroatoms. The lowest BCUT2D eigenvalue weighted by Crippen LogP contribution is -2.53. The quantitative estimate of drug-likeness (QED) is 0.715. The van der Waals surface area contributed by atoms with E-state index in [0.717, 1.165) is 0 Å². The summed E-state index contributed by atoms with van der Waals surface area (Å²) < 4.78 is 33.5. The molecule has 8 nitrogen and oxygen atoms in total. The monoisotopic (exact) mass is 370 g/mol. The zero-order chi connectivity index (χ0) is 18.0. The number of carbonyl (C=O) groups is 1. The van der Waals surface area contributed by atoms with Crippen LogP contribution in [-0.4, -0.2) is 74.5 Å². The smallest absolute Gasteiger partial charge is 0.260 e. The van der Waals surface area contributed by atoms with E-state index in [1.807, 2.05) is 0 Å². The van der Waals surface area contributed by atoms with Crippen LogP contribution in [0.4, 0.5) is 0 Å². The molecule has 0 saturated carbocycles. The van der Waals surface area contributed by atoms with Crippen molar-refractivity contribution in [1.29, 1.82) is 0 Å². The molecular weight excluding hydrogens is 348 g/mol. The Kier molecular flexibility index (Phi) is 5.14. The van der Waals surface area contributed by atoms with Crippen LogP contribution in [-0.2, 0) is 14.6 Å². The van der Waals surface area contributed by atoms with Crippen LogP contribution in [0, 0.1) is 6.92 Å². The predicted molar refractivity (Wildman–Crippen MR) is 90.4 cm³/mol. The van der Waals surface area contributed by atoms with E-state index in [0.29, 0.717) is 38.4 Å². The summed E-state index contributed by atoms with van der Waals surface area (Å²) >= 11 is 0. The maximum Gasteiger partial charge on any atom is 0.260 e. The summed E-state index contributed by atoms with van der Waals surface area (Å²) in [5, 5.41) is 0. The number of amides is 1. The molecule has 0 radical (unpaired) electrons. The number of hydrogen-bond acceptors (Lipinski definition) is 7. The Morgan fingerprint density at radius 3 is 2.64 bits per heavy atom. The molecule has 0 aromatic carbocycles. The lowest BCUT2D eigenvalue weighted by atomic mass is 10.2. The van der Waals surface area contributed by atoms with Gasteiger partial charge in [0.25, 0.3) is 5.91 Å². The summed E-state index contributed by atoms with van der Waals surface area (Å²) in [6.07, 6.45) is 1.88. The summed E-state index contributed by atoms with van der Waals surface area (Å²) in [6, 6.07) is 1.38. The van der Waals surface area contributed by atoms with Gasteiger partial charge in [-0.2, -0.15) is 0 Å². The van der Waals surface area contributed by atoms with Crippen LogP contribution in [0.2, 0.25) is 0 Å². The minimum atomic E-state index is -2.90. The van der Waals surface area contributed by atoms with Gasteiger partial charge in [-0.05, 0) is 13.3 Å². The van der Waals surface area contributed by atoms with Crippen molar-refractivity contribution in [1.82, 2.24) is 9.80 Å². The highest BCUT2D eigenvalue weighted by molar-refractivity contribution is 7.91. The molecule has 1 amide bonds. The molecule has 3 rings (SSSR count). The predicted octanol–water partition coefficient (Wildman–Crippen LogP) is -0.342. The zero-order valence-corrected chi connectivity index (χ0v) is 15.0. The van der Waals surface area contributed by atoms with Crippen molar-refractivity contribution in [2.75, 3.05) is 44.3 Å². The maximum atomic E-state index is 12.2. The van der Waals surface area contributed by atoms with Gasteiger partial charge in [0.05, 0.1) is 11.5 Å². The highest BCUT2D eigenvalue weighted by Gasteiger charge is 2.34. The van der Waals surface area contributed by atoms with Crippen molar-refractivity contribution in [3.63, 3.8) is 0 Å². The van der Waals surface area contributed by atoms with Gasteiger partial charge in [-0.3, -0.25) is 14.5 Å². The standard InChI is InChI=1S/C16H22N2O6S/c1-12-8-14(19)15(9-23-12)24-10-16(20)18-5-3-17(4-6-18)13-2-7-25(21,22)11-13/h8-9,13H,2-7,10-11H2,1H3. The molecule has 2 aliphatic rings. The van der Waals surface area contributed by atoms with Gasteiger partial charge in [0.2, 0.25) is 11.2 Å². The van der Waals surface area contributed by atoms with E-state index in [2.05, 4.69) is 4.90 Å². The number of rotatable bonds is 4. The fourth-order valence-corrected chi connectivity index (χ4v) is 4.99. The van der Waals surface area contributed by atoms with E-state index in [9.17, 15) is 18.0 Å². The second-order valence-corrected chi connectivity index (χ2v) is 8.71. The second kappa shape index (κ2) is 7.17. The molecule has 2 fully saturated rings. The van der Waals surface area contributed by atoms with Gasteiger partial charge in [-0.1, -0.05) is 0 Å². The Morgan fingerprint density at radius 2 is 2.04 bits per heavy atom. The Balaban J connectivity index is 1.48. The average Bonchev–Trinajstić information content (AvgIpc) is 2.94. The molecule has 1 aromatic heterocycles. The number of aryl methyl sites for hydroxylation is 1. The Hall–Kier alpha value is -1.87. The third-order valence-electron chi connectivity index (χ3n) is 4.67. The number of sulfone groups is 1. The van der Waals surface area contributed by atoms with Gasteiger partial charge in [0.15, 0.2) is 16.4 Å². The van der Waals surface area contributed by atoms with Crippen molar-refractivity contribution < 1.29 is 22.4 Å². The molecule has 138 valence electrons. The summed E-state index contributed by atoms with van der Waals surface area (Å²) in [5.74, 6) is 0.776. The van der Waals surface area contributed by atoms with E-state index in [4.69, 9.17) is 9.15 Å². The summed E-state index contributed by atoms with van der Waals surface area (Å²) in [6.45, 7) is 3.80. The maximum absolute atomic E-state index is 12.2. The van der Waals surface area contributed by atoms with Crippen molar-refractivity contribution in [2.45, 2.75) is 19.4 Å². The molecule has 0 bridgehead atoms. The van der Waals surface area contributed by atoms with Gasteiger partial charge in [0.1, 0.15) is 12.0 Å². The number of hydrogen-bond donors (Lipinski definition) is 0. The second-order valence-electron chi connectivity index (χ2n) is 6.48. The molecule has 0 aliphatic carbocycles. The molecule has 1 unspecified atom stereocenters. The topological polar surface area (TPSA) is 97.1 Å². The van der Waals surface area contributed by atoms with Crippen molar-refractivity contribution in [2.24, 2.45) is 0 Å². The number of ether oxygens (including phenoxy) is 1. The molecule has 1 atom stereocenters. The molecular formula is C16H22N2O6S. The summed E-state index contributed by atoms with van der Waals surface area (Å²) in [5.41, 5.74) is -0.316. The van der Waals surface area contributed by atoms with Gasteiger partial charge >= 0.3 is 0 Å². The summed E-state index contributed by atoms with van der Waals surface area (Å²) in [4.78, 5) is 27.8. The van der Waals surface area contributed by atoms with Gasteiger partial charge in [0, 0.05) is 38.3 Å². The third-order valence-corrected chi connectivity index (χ3v) is 6.42. The SMILES string of the molecule is Cc1cc(=O)c(OCC(=O)N2CCN(C3CCS(=O)(=O)C3)CC2)co1. The molecule has 0 N–H and O–H groups in total. The van der Waals surface area contributed by atoms with Crippen LogP contribution in [0.1, 0.15) is 12.2 Å². The van der Waals surface area contributed by atoms with E-state index >= 15 is 0 Å². The van der Waals surface area contributed by atoms with Crippen LogP contribution < -0.4 is 10.2 Å². The fraction of sp³-hybridized carbons (Fsp3) is 0.625. The van der Waals surface area contributed by atoms with Gasteiger partial charge < -0.3 is 14.1 Å². The number of nitrogens with zero attached hydrogens (tertiary/aromatic N) is 2. The Bertz CT molecular complexity index is 795. The first kappa shape index (κ1) is 17.9. The lowest BCUT2D eigenvalue weighted by Gasteiger charge is -2.37. The first-order valence-electron chi connectivity index (χ1n) is 8.28. The number of carbonyl (C=O) groups excluding carboxylic acids is 1. The molecule has 2 saturated heterocycles. The molecule has 1 aromatic rings. The van der Waals surface area contributed by atoms with Crippen LogP contribution in [0.3, 0.4) is 0 Å². The summed E-state index contributed by atoms with van der Waals surface area (Å²) in [7, 11) is -2.90. The Labute approximate surface area is 146 Å². The molecule has 0 spiro atoms. The van der Waals surface area contributed by atoms with Crippen LogP contribution in [0.25, 0.3) is 0 Å². The fourth-order valence-electron chi connectivity index (χ4n) is 3.23. The van der Waals surface area contributed by atoms with Crippen molar-refractivity contribution in [3.8, 4) is 5.75 Å². The van der Waals surface area contributed by atoms with Gasteiger partial charge in [-0.25, -0.2) is 8.42 Å². The highest BCUT2D eigenvalue weighted by Crippen LogP contribution is 2.19. The lowest BCUT2D eigenvalue weighted by molar-refractivity contribution is -0.135. The van der Waals surface area contributed by atoms with Crippen LogP contribution >= 0.6 is 0 Å². The molecule has 25 heavy (non-hydrogen) atoms. The van der Waals surface area contributed by atoms with E-state index < -0.39 is 9.84 Å². The average molecular weight is 370 g/mol. The van der Waals surface area contributed by atoms with Crippen LogP contribution in [0.15, 0.2) is 21.5 Å². The molecule has 2 aliphatic heterocycles. The highest BCUT2D eigenvalue weighted by atomic mass is 32.2. The van der Waals surface area contributed by atoms with Crippen LogP contribution in [0.5, 0.6) is 5.75 Å². The third kappa shape index (κ3) is 4.40. The zero-order valence-electron chi connectivity index (χ0n) is 14.1. The largest absolute Gasteiger partial charge is 0.477 e. The van der Waals surface area contributed by atoms with Gasteiger partial charge in [-0.15, -0.1) is 0 Å². The minimum Gasteiger partial charge on any atom is -0.477 e. The number of piperazine rings is 1. The van der Waals surface area contributed by atoms with Crippen molar-refractivity contribution in [3.05, 3.63) is 28.3 Å².